The molecule has 110 valence electrons. The average molecular weight is 297 g/mol. The summed E-state index contributed by atoms with van der Waals surface area (Å²) in [7, 11) is 1.66. The maximum Gasteiger partial charge on any atom is 0.252 e. The summed E-state index contributed by atoms with van der Waals surface area (Å²) in [5.41, 5.74) is -0.123. The lowest BCUT2D eigenvalue weighted by Crippen LogP contribution is -2.52. The van der Waals surface area contributed by atoms with E-state index >= 15 is 0 Å². The Morgan fingerprint density at radius 2 is 2.35 bits per heavy atom. The molecule has 0 saturated heterocycles. The van der Waals surface area contributed by atoms with Crippen LogP contribution in [0, 0.1) is 5.92 Å². The molecule has 1 aromatic rings. The maximum atomic E-state index is 12.3. The predicted octanol–water partition coefficient (Wildman–Crippen LogP) is 2.30. The van der Waals surface area contributed by atoms with Crippen molar-refractivity contribution in [3.8, 4) is 0 Å². The minimum Gasteiger partial charge on any atom is -0.345 e. The second-order valence-electron chi connectivity index (χ2n) is 5.93. The normalized spacial score (nSPS) is 26.2. The molecule has 1 aliphatic rings. The standard InChI is InChI=1S/C15H21ClN2O2/c1-11-4-3-6-15(9-11,10-16)17-14(20)12-5-7-18(2)13(19)8-12/h5,7-8,11H,3-4,6,9-10H2,1-2H3,(H,17,20). The molecule has 0 radical (unpaired) electrons. The first kappa shape index (κ1) is 15.1. The van der Waals surface area contributed by atoms with Crippen molar-refractivity contribution >= 4 is 17.5 Å². The van der Waals surface area contributed by atoms with E-state index in [1.54, 1.807) is 19.3 Å². The number of carbonyl (C=O) groups excluding carboxylic acids is 1. The number of hydrogen-bond donors (Lipinski definition) is 1. The minimum atomic E-state index is -0.336. The van der Waals surface area contributed by atoms with Crippen molar-refractivity contribution in [2.24, 2.45) is 13.0 Å². The number of rotatable bonds is 3. The van der Waals surface area contributed by atoms with E-state index < -0.39 is 0 Å². The van der Waals surface area contributed by atoms with Crippen LogP contribution in [0.15, 0.2) is 23.1 Å². The van der Waals surface area contributed by atoms with Gasteiger partial charge >= 0.3 is 0 Å². The van der Waals surface area contributed by atoms with Crippen LogP contribution in [0.5, 0.6) is 0 Å². The number of pyridine rings is 1. The Balaban J connectivity index is 2.16. The van der Waals surface area contributed by atoms with Gasteiger partial charge in [0.1, 0.15) is 0 Å². The first-order valence-electron chi connectivity index (χ1n) is 7.01. The number of hydrogen-bond acceptors (Lipinski definition) is 2. The van der Waals surface area contributed by atoms with Gasteiger partial charge in [0.25, 0.3) is 11.5 Å². The summed E-state index contributed by atoms with van der Waals surface area (Å²) in [5.74, 6) is 0.761. The number of aromatic nitrogens is 1. The molecule has 1 fully saturated rings. The fourth-order valence-corrected chi connectivity index (χ4v) is 3.24. The van der Waals surface area contributed by atoms with E-state index in [1.807, 2.05) is 0 Å². The highest BCUT2D eigenvalue weighted by molar-refractivity contribution is 6.19. The van der Waals surface area contributed by atoms with Gasteiger partial charge in [-0.25, -0.2) is 0 Å². The number of carbonyl (C=O) groups is 1. The van der Waals surface area contributed by atoms with E-state index in [0.29, 0.717) is 17.4 Å². The van der Waals surface area contributed by atoms with Crippen LogP contribution in [0.25, 0.3) is 0 Å². The molecule has 20 heavy (non-hydrogen) atoms. The lowest BCUT2D eigenvalue weighted by Gasteiger charge is -2.39. The third-order valence-electron chi connectivity index (χ3n) is 4.09. The highest BCUT2D eigenvalue weighted by Gasteiger charge is 2.35. The van der Waals surface area contributed by atoms with Crippen LogP contribution in [0.2, 0.25) is 0 Å². The molecular formula is C15H21ClN2O2. The molecular weight excluding hydrogens is 276 g/mol. The third-order valence-corrected chi connectivity index (χ3v) is 4.60. The van der Waals surface area contributed by atoms with Gasteiger partial charge in [-0.15, -0.1) is 11.6 Å². The van der Waals surface area contributed by atoms with Crippen molar-refractivity contribution in [3.05, 3.63) is 34.2 Å². The Hall–Kier alpha value is -1.29. The van der Waals surface area contributed by atoms with Crippen LogP contribution in [-0.2, 0) is 7.05 Å². The summed E-state index contributed by atoms with van der Waals surface area (Å²) in [6.45, 7) is 2.19. The second-order valence-corrected chi connectivity index (χ2v) is 6.20. The van der Waals surface area contributed by atoms with Gasteiger partial charge in [-0.1, -0.05) is 19.8 Å². The monoisotopic (exact) mass is 296 g/mol. The van der Waals surface area contributed by atoms with Gasteiger partial charge in [-0.3, -0.25) is 9.59 Å². The van der Waals surface area contributed by atoms with Gasteiger partial charge in [0.05, 0.1) is 5.54 Å². The average Bonchev–Trinajstić information content (AvgIpc) is 2.41. The zero-order chi connectivity index (χ0) is 14.8. The first-order chi connectivity index (χ1) is 9.46. The van der Waals surface area contributed by atoms with Crippen LogP contribution in [0.3, 0.4) is 0 Å². The number of halogens is 1. The molecule has 2 unspecified atom stereocenters. The molecule has 0 bridgehead atoms. The summed E-state index contributed by atoms with van der Waals surface area (Å²) < 4.78 is 1.44. The minimum absolute atomic E-state index is 0.186. The Morgan fingerprint density at radius 1 is 1.60 bits per heavy atom. The third kappa shape index (κ3) is 3.23. The zero-order valence-electron chi connectivity index (χ0n) is 12.0. The number of nitrogens with zero attached hydrogens (tertiary/aromatic N) is 1. The fraction of sp³-hybridized carbons (Fsp3) is 0.600. The summed E-state index contributed by atoms with van der Waals surface area (Å²) in [6, 6.07) is 3.02. The molecule has 1 aliphatic carbocycles. The molecule has 4 nitrogen and oxygen atoms in total. The lowest BCUT2D eigenvalue weighted by molar-refractivity contribution is 0.0867. The highest BCUT2D eigenvalue weighted by atomic mass is 35.5. The summed E-state index contributed by atoms with van der Waals surface area (Å²) in [5, 5.41) is 3.06. The van der Waals surface area contributed by atoms with E-state index in [4.69, 9.17) is 11.6 Å². The van der Waals surface area contributed by atoms with Crippen LogP contribution in [0.4, 0.5) is 0 Å². The summed E-state index contributed by atoms with van der Waals surface area (Å²) in [6.07, 6.45) is 5.66. The number of nitrogens with one attached hydrogen (secondary N) is 1. The molecule has 0 aliphatic heterocycles. The lowest BCUT2D eigenvalue weighted by atomic mass is 9.77. The number of aryl methyl sites for hydroxylation is 1. The Labute approximate surface area is 124 Å². The van der Waals surface area contributed by atoms with Gasteiger partial charge in [-0.2, -0.15) is 0 Å². The first-order valence-corrected chi connectivity index (χ1v) is 7.54. The van der Waals surface area contributed by atoms with Gasteiger partial charge in [0.15, 0.2) is 0 Å². The number of alkyl halides is 1. The molecule has 2 atom stereocenters. The van der Waals surface area contributed by atoms with E-state index in [9.17, 15) is 9.59 Å². The predicted molar refractivity (Wildman–Crippen MR) is 80.2 cm³/mol. The summed E-state index contributed by atoms with van der Waals surface area (Å²) in [4.78, 5) is 23.9. The van der Waals surface area contributed by atoms with Gasteiger partial charge < -0.3 is 9.88 Å². The van der Waals surface area contributed by atoms with E-state index in [2.05, 4.69) is 12.2 Å². The topological polar surface area (TPSA) is 51.1 Å². The summed E-state index contributed by atoms with van der Waals surface area (Å²) >= 11 is 6.11. The van der Waals surface area contributed by atoms with E-state index in [1.165, 1.54) is 17.1 Å². The van der Waals surface area contributed by atoms with E-state index in [-0.39, 0.29) is 17.0 Å². The Morgan fingerprint density at radius 3 is 2.95 bits per heavy atom. The molecule has 5 heteroatoms. The molecule has 1 heterocycles. The van der Waals surface area contributed by atoms with Crippen LogP contribution in [-0.4, -0.2) is 21.9 Å². The quantitative estimate of drug-likeness (QED) is 0.870. The second kappa shape index (κ2) is 6.00. The van der Waals surface area contributed by atoms with Gasteiger partial charge in [0, 0.05) is 30.8 Å². The molecule has 2 rings (SSSR count). The Kier molecular flexibility index (Phi) is 4.53. The van der Waals surface area contributed by atoms with Crippen LogP contribution < -0.4 is 10.9 Å². The molecule has 0 aromatic carbocycles. The molecule has 1 amide bonds. The molecule has 1 N–H and O–H groups in total. The van der Waals surface area contributed by atoms with Crippen LogP contribution in [0.1, 0.15) is 43.0 Å². The van der Waals surface area contributed by atoms with Crippen molar-refractivity contribution in [2.75, 3.05) is 5.88 Å². The SMILES string of the molecule is CC1CCCC(CCl)(NC(=O)c2ccn(C)c(=O)c2)C1. The fourth-order valence-electron chi connectivity index (χ4n) is 2.93. The molecule has 1 aromatic heterocycles. The molecule has 1 saturated carbocycles. The largest absolute Gasteiger partial charge is 0.345 e. The van der Waals surface area contributed by atoms with Crippen molar-refractivity contribution in [2.45, 2.75) is 38.1 Å². The van der Waals surface area contributed by atoms with Crippen molar-refractivity contribution in [1.29, 1.82) is 0 Å². The van der Waals surface area contributed by atoms with Gasteiger partial charge in [-0.05, 0) is 24.8 Å². The van der Waals surface area contributed by atoms with Gasteiger partial charge in [0.2, 0.25) is 0 Å². The smallest absolute Gasteiger partial charge is 0.252 e. The maximum absolute atomic E-state index is 12.3. The number of amides is 1. The van der Waals surface area contributed by atoms with E-state index in [0.717, 1.165) is 19.3 Å². The van der Waals surface area contributed by atoms with Crippen molar-refractivity contribution < 1.29 is 4.79 Å². The zero-order valence-corrected chi connectivity index (χ0v) is 12.7. The van der Waals surface area contributed by atoms with Crippen molar-refractivity contribution in [3.63, 3.8) is 0 Å². The Bertz CT molecular complexity index is 555. The van der Waals surface area contributed by atoms with Crippen molar-refractivity contribution in [1.82, 2.24) is 9.88 Å². The van der Waals surface area contributed by atoms with Crippen LogP contribution >= 0.6 is 11.6 Å². The molecule has 0 spiro atoms. The highest BCUT2D eigenvalue weighted by Crippen LogP contribution is 2.33.